The van der Waals surface area contributed by atoms with Crippen molar-refractivity contribution < 1.29 is 14.2 Å². The summed E-state index contributed by atoms with van der Waals surface area (Å²) < 4.78 is 5.21. The molecule has 7 heteroatoms. The Morgan fingerprint density at radius 1 is 1.43 bits per heavy atom. The van der Waals surface area contributed by atoms with Crippen LogP contribution in [0.25, 0.3) is 0 Å². The Morgan fingerprint density at radius 3 is 2.83 bits per heavy atom. The summed E-state index contributed by atoms with van der Waals surface area (Å²) in [5.41, 5.74) is 0.972. The van der Waals surface area contributed by atoms with E-state index in [1.165, 1.54) is 17.0 Å². The van der Waals surface area contributed by atoms with Gasteiger partial charge in [0, 0.05) is 31.2 Å². The molecule has 1 atom stereocenters. The molecule has 1 saturated carbocycles. The van der Waals surface area contributed by atoms with Gasteiger partial charge in [-0.05, 0) is 25.3 Å². The number of non-ortho nitro benzene ring substituents is 1. The number of rotatable bonds is 5. The van der Waals surface area contributed by atoms with Gasteiger partial charge in [0.1, 0.15) is 5.76 Å². The van der Waals surface area contributed by atoms with Gasteiger partial charge in [-0.3, -0.25) is 14.9 Å². The Balaban J connectivity index is 1.77. The molecule has 23 heavy (non-hydrogen) atoms. The molecule has 0 saturated heterocycles. The number of hydrogen-bond acceptors (Lipinski definition) is 5. The summed E-state index contributed by atoms with van der Waals surface area (Å²) in [5, 5.41) is 14.7. The van der Waals surface area contributed by atoms with E-state index in [1.54, 1.807) is 25.2 Å². The number of nitro benzene ring substituents is 1. The van der Waals surface area contributed by atoms with Crippen LogP contribution < -0.4 is 0 Å². The van der Waals surface area contributed by atoms with Crippen molar-refractivity contribution in [2.75, 3.05) is 7.05 Å². The lowest BCUT2D eigenvalue weighted by Gasteiger charge is -2.24. The molecule has 1 fully saturated rings. The van der Waals surface area contributed by atoms with E-state index in [4.69, 9.17) is 4.52 Å². The van der Waals surface area contributed by atoms with E-state index < -0.39 is 4.92 Å². The second kappa shape index (κ2) is 5.83. The Bertz CT molecular complexity index is 751. The van der Waals surface area contributed by atoms with Gasteiger partial charge in [-0.2, -0.15) is 0 Å². The van der Waals surface area contributed by atoms with Crippen molar-refractivity contribution in [3.63, 3.8) is 0 Å². The largest absolute Gasteiger partial charge is 0.360 e. The van der Waals surface area contributed by atoms with Crippen LogP contribution in [-0.4, -0.2) is 27.9 Å². The molecule has 1 aliphatic rings. The Labute approximate surface area is 133 Å². The molecule has 1 amide bonds. The molecule has 0 aliphatic heterocycles. The fraction of sp³-hybridized carbons (Fsp3) is 0.375. The van der Waals surface area contributed by atoms with Crippen LogP contribution in [0.15, 0.2) is 34.9 Å². The molecule has 0 bridgehead atoms. The highest BCUT2D eigenvalue weighted by molar-refractivity contribution is 5.92. The predicted molar refractivity (Wildman–Crippen MR) is 82.1 cm³/mol. The third-order valence-corrected chi connectivity index (χ3v) is 4.19. The van der Waals surface area contributed by atoms with Gasteiger partial charge in [0.05, 0.1) is 11.0 Å². The van der Waals surface area contributed by atoms with Gasteiger partial charge in [-0.25, -0.2) is 0 Å². The average Bonchev–Trinajstić information content (AvgIpc) is 3.30. The lowest BCUT2D eigenvalue weighted by atomic mass is 10.1. The molecule has 2 aromatic rings. The van der Waals surface area contributed by atoms with Gasteiger partial charge in [-0.1, -0.05) is 17.3 Å². The Kier molecular flexibility index (Phi) is 3.85. The van der Waals surface area contributed by atoms with Crippen molar-refractivity contribution in [2.45, 2.75) is 31.7 Å². The molecule has 1 heterocycles. The maximum Gasteiger partial charge on any atom is 0.276 e. The molecule has 1 aromatic heterocycles. The summed E-state index contributed by atoms with van der Waals surface area (Å²) in [5.74, 6) is 0.882. The van der Waals surface area contributed by atoms with Crippen LogP contribution in [-0.2, 0) is 0 Å². The number of nitrogens with zero attached hydrogens (tertiary/aromatic N) is 3. The van der Waals surface area contributed by atoms with Gasteiger partial charge in [0.2, 0.25) is 0 Å². The first-order valence-corrected chi connectivity index (χ1v) is 7.45. The highest BCUT2D eigenvalue weighted by atomic mass is 16.6. The Hall–Kier alpha value is -2.70. The van der Waals surface area contributed by atoms with Crippen molar-refractivity contribution in [3.05, 3.63) is 57.5 Å². The maximum atomic E-state index is 12.5. The first kappa shape index (κ1) is 15.2. The van der Waals surface area contributed by atoms with E-state index in [1.807, 2.05) is 6.92 Å². The van der Waals surface area contributed by atoms with Gasteiger partial charge in [0.15, 0.2) is 5.69 Å². The zero-order chi connectivity index (χ0) is 16.6. The van der Waals surface area contributed by atoms with E-state index >= 15 is 0 Å². The number of carbonyl (C=O) groups excluding carboxylic acids is 1. The maximum absolute atomic E-state index is 12.5. The topological polar surface area (TPSA) is 89.5 Å². The summed E-state index contributed by atoms with van der Waals surface area (Å²) in [6, 6.07) is 7.66. The first-order valence-electron chi connectivity index (χ1n) is 7.45. The molecular formula is C16H17N3O4. The number of benzene rings is 1. The standard InChI is InChI=1S/C16H17N3O4/c1-10(12-4-3-5-13(8-12)19(21)22)18(2)16(20)14-9-15(23-17-14)11-6-7-11/h3-5,8-11H,6-7H2,1-2H3. The monoisotopic (exact) mass is 315 g/mol. The van der Waals surface area contributed by atoms with E-state index in [-0.39, 0.29) is 23.3 Å². The molecule has 3 rings (SSSR count). The van der Waals surface area contributed by atoms with Crippen molar-refractivity contribution in [1.29, 1.82) is 0 Å². The molecule has 7 nitrogen and oxygen atoms in total. The van der Waals surface area contributed by atoms with Gasteiger partial charge in [-0.15, -0.1) is 0 Å². The van der Waals surface area contributed by atoms with Gasteiger partial charge >= 0.3 is 0 Å². The van der Waals surface area contributed by atoms with Gasteiger partial charge < -0.3 is 9.42 Å². The minimum Gasteiger partial charge on any atom is -0.360 e. The fourth-order valence-corrected chi connectivity index (χ4v) is 2.43. The molecule has 1 aromatic carbocycles. The molecular weight excluding hydrogens is 298 g/mol. The molecule has 1 unspecified atom stereocenters. The number of aromatic nitrogens is 1. The summed E-state index contributed by atoms with van der Waals surface area (Å²) in [6.07, 6.45) is 2.14. The van der Waals surface area contributed by atoms with Crippen LogP contribution >= 0.6 is 0 Å². The average molecular weight is 315 g/mol. The summed E-state index contributed by atoms with van der Waals surface area (Å²) in [6.45, 7) is 1.82. The molecule has 1 aliphatic carbocycles. The first-order chi connectivity index (χ1) is 11.0. The van der Waals surface area contributed by atoms with E-state index in [0.29, 0.717) is 11.5 Å². The molecule has 0 spiro atoms. The van der Waals surface area contributed by atoms with Crippen LogP contribution in [0, 0.1) is 10.1 Å². The highest BCUT2D eigenvalue weighted by Gasteiger charge is 2.30. The third-order valence-electron chi connectivity index (χ3n) is 4.19. The SMILES string of the molecule is CC(c1cccc([N+](=O)[O-])c1)N(C)C(=O)c1cc(C2CC2)on1. The van der Waals surface area contributed by atoms with E-state index in [9.17, 15) is 14.9 Å². The predicted octanol–water partition coefficient (Wildman–Crippen LogP) is 3.29. The smallest absolute Gasteiger partial charge is 0.276 e. The van der Waals surface area contributed by atoms with Crippen molar-refractivity contribution in [3.8, 4) is 0 Å². The van der Waals surface area contributed by atoms with Crippen LogP contribution in [0.5, 0.6) is 0 Å². The number of carbonyl (C=O) groups is 1. The summed E-state index contributed by atoms with van der Waals surface area (Å²) >= 11 is 0. The Morgan fingerprint density at radius 2 is 2.17 bits per heavy atom. The van der Waals surface area contributed by atoms with Crippen LogP contribution in [0.1, 0.15) is 53.5 Å². The molecule has 0 radical (unpaired) electrons. The van der Waals surface area contributed by atoms with Gasteiger partial charge in [0.25, 0.3) is 11.6 Å². The number of nitro groups is 1. The summed E-state index contributed by atoms with van der Waals surface area (Å²) in [7, 11) is 1.65. The van der Waals surface area contributed by atoms with Crippen LogP contribution in [0.4, 0.5) is 5.69 Å². The minimum atomic E-state index is -0.447. The molecule has 120 valence electrons. The second-order valence-corrected chi connectivity index (χ2v) is 5.83. The zero-order valence-electron chi connectivity index (χ0n) is 12.9. The van der Waals surface area contributed by atoms with Crippen LogP contribution in [0.2, 0.25) is 0 Å². The minimum absolute atomic E-state index is 0.00709. The normalized spacial score (nSPS) is 15.2. The highest BCUT2D eigenvalue weighted by Crippen LogP contribution is 2.40. The second-order valence-electron chi connectivity index (χ2n) is 5.83. The third kappa shape index (κ3) is 3.08. The fourth-order valence-electron chi connectivity index (χ4n) is 2.43. The summed E-state index contributed by atoms with van der Waals surface area (Å²) in [4.78, 5) is 24.4. The van der Waals surface area contributed by atoms with Crippen molar-refractivity contribution in [1.82, 2.24) is 10.1 Å². The number of hydrogen-bond donors (Lipinski definition) is 0. The lowest BCUT2D eigenvalue weighted by Crippen LogP contribution is -2.29. The van der Waals surface area contributed by atoms with E-state index in [2.05, 4.69) is 5.16 Å². The molecule has 0 N–H and O–H groups in total. The number of amides is 1. The van der Waals surface area contributed by atoms with Crippen molar-refractivity contribution >= 4 is 11.6 Å². The zero-order valence-corrected chi connectivity index (χ0v) is 12.9. The van der Waals surface area contributed by atoms with Crippen molar-refractivity contribution in [2.24, 2.45) is 0 Å². The lowest BCUT2D eigenvalue weighted by molar-refractivity contribution is -0.384. The quantitative estimate of drug-likeness (QED) is 0.624. The van der Waals surface area contributed by atoms with E-state index in [0.717, 1.165) is 18.6 Å². The van der Waals surface area contributed by atoms with Crippen LogP contribution in [0.3, 0.4) is 0 Å².